The zero-order valence-corrected chi connectivity index (χ0v) is 8.51. The highest BCUT2D eigenvalue weighted by Gasteiger charge is 2.08. The Bertz CT molecular complexity index is 479. The summed E-state index contributed by atoms with van der Waals surface area (Å²) in [6, 6.07) is 5.87. The fourth-order valence-electron chi connectivity index (χ4n) is 1.15. The van der Waals surface area contributed by atoms with Crippen LogP contribution in [-0.4, -0.2) is 20.2 Å². The van der Waals surface area contributed by atoms with Crippen LogP contribution in [0.25, 0.3) is 0 Å². The minimum atomic E-state index is 0.312. The topological polar surface area (TPSA) is 78.9 Å². The molecule has 0 aliphatic heterocycles. The fraction of sp³-hybridized carbons (Fsp3) is 0.222. The van der Waals surface area contributed by atoms with Crippen molar-refractivity contribution < 1.29 is 4.74 Å². The average molecular weight is 205 g/mol. The lowest BCUT2D eigenvalue weighted by Crippen LogP contribution is -1.99. The Hall–Kier alpha value is -2.11. The molecule has 6 nitrogen and oxygen atoms in total. The van der Waals surface area contributed by atoms with Gasteiger partial charge in [0, 0.05) is 7.05 Å². The number of hydrogen-bond donors (Lipinski definition) is 1. The Balaban J connectivity index is 2.33. The molecule has 0 saturated heterocycles. The van der Waals surface area contributed by atoms with Crippen LogP contribution in [-0.2, 0) is 7.05 Å². The molecule has 0 saturated carbocycles. The largest absolute Gasteiger partial charge is 0.421 e. The third kappa shape index (κ3) is 1.74. The van der Waals surface area contributed by atoms with E-state index in [0.717, 1.165) is 5.56 Å². The van der Waals surface area contributed by atoms with Crippen LogP contribution in [0.1, 0.15) is 5.56 Å². The van der Waals surface area contributed by atoms with Crippen LogP contribution in [0.2, 0.25) is 0 Å². The summed E-state index contributed by atoms with van der Waals surface area (Å²) in [6.07, 6.45) is 0. The number of rotatable bonds is 2. The Labute approximate surface area is 86.7 Å². The molecule has 0 spiro atoms. The molecule has 1 aromatic carbocycles. The first kappa shape index (κ1) is 9.45. The first-order chi connectivity index (χ1) is 7.18. The number of ether oxygens (including phenoxy) is 1. The van der Waals surface area contributed by atoms with Gasteiger partial charge in [0.1, 0.15) is 0 Å². The minimum Gasteiger partial charge on any atom is -0.421 e. The Morgan fingerprint density at radius 3 is 2.87 bits per heavy atom. The summed E-state index contributed by atoms with van der Waals surface area (Å²) < 4.78 is 6.89. The van der Waals surface area contributed by atoms with Crippen molar-refractivity contribution >= 4 is 5.69 Å². The summed E-state index contributed by atoms with van der Waals surface area (Å²) in [5.41, 5.74) is 7.40. The van der Waals surface area contributed by atoms with Crippen LogP contribution >= 0.6 is 0 Å². The van der Waals surface area contributed by atoms with E-state index in [1.54, 1.807) is 13.1 Å². The van der Waals surface area contributed by atoms with Crippen molar-refractivity contribution in [1.29, 1.82) is 0 Å². The first-order valence-electron chi connectivity index (χ1n) is 4.44. The van der Waals surface area contributed by atoms with Crippen LogP contribution in [0.3, 0.4) is 0 Å². The van der Waals surface area contributed by atoms with Crippen molar-refractivity contribution in [2.24, 2.45) is 7.05 Å². The van der Waals surface area contributed by atoms with Crippen molar-refractivity contribution in [3.8, 4) is 11.8 Å². The molecule has 0 fully saturated rings. The summed E-state index contributed by atoms with van der Waals surface area (Å²) in [5, 5.41) is 10.8. The molecule has 2 N–H and O–H groups in total. The van der Waals surface area contributed by atoms with Crippen LogP contribution in [0.5, 0.6) is 11.8 Å². The van der Waals surface area contributed by atoms with Gasteiger partial charge in [-0.3, -0.25) is 0 Å². The molecule has 0 amide bonds. The smallest absolute Gasteiger partial charge is 0.340 e. The number of nitrogens with two attached hydrogens (primary N) is 1. The second-order valence-corrected chi connectivity index (χ2v) is 3.17. The molecule has 0 aliphatic rings. The second-order valence-electron chi connectivity index (χ2n) is 3.17. The number of tetrazole rings is 1. The monoisotopic (exact) mass is 205 g/mol. The number of aryl methyl sites for hydroxylation is 2. The van der Waals surface area contributed by atoms with Crippen molar-refractivity contribution in [3.63, 3.8) is 0 Å². The van der Waals surface area contributed by atoms with Crippen LogP contribution in [0.4, 0.5) is 5.69 Å². The molecule has 6 heteroatoms. The van der Waals surface area contributed by atoms with E-state index in [2.05, 4.69) is 15.5 Å². The van der Waals surface area contributed by atoms with Gasteiger partial charge < -0.3 is 10.5 Å². The van der Waals surface area contributed by atoms with Gasteiger partial charge in [0.15, 0.2) is 5.75 Å². The molecule has 1 aromatic heterocycles. The predicted octanol–water partition coefficient (Wildman–Crippen LogP) is 0.893. The van der Waals surface area contributed by atoms with E-state index in [-0.39, 0.29) is 0 Å². The Morgan fingerprint density at radius 2 is 2.20 bits per heavy atom. The van der Waals surface area contributed by atoms with Crippen LogP contribution in [0.15, 0.2) is 18.2 Å². The third-order valence-electron chi connectivity index (χ3n) is 2.07. The normalized spacial score (nSPS) is 10.3. The lowest BCUT2D eigenvalue weighted by Gasteiger charge is -2.07. The highest BCUT2D eigenvalue weighted by Crippen LogP contribution is 2.27. The highest BCUT2D eigenvalue weighted by atomic mass is 16.5. The van der Waals surface area contributed by atoms with E-state index in [1.165, 1.54) is 4.68 Å². The number of benzene rings is 1. The molecule has 0 radical (unpaired) electrons. The zero-order chi connectivity index (χ0) is 10.8. The second kappa shape index (κ2) is 3.56. The molecule has 2 aromatic rings. The maximum absolute atomic E-state index is 5.85. The van der Waals surface area contributed by atoms with Gasteiger partial charge in [-0.1, -0.05) is 17.2 Å². The molecule has 1 heterocycles. The SMILES string of the molecule is Cc1cccc(Oc2nnnn2C)c1N. The maximum atomic E-state index is 5.85. The summed E-state index contributed by atoms with van der Waals surface area (Å²) in [7, 11) is 1.70. The lowest BCUT2D eigenvalue weighted by molar-refractivity contribution is 0.416. The number of nitrogen functional groups attached to an aromatic ring is 1. The quantitative estimate of drug-likeness (QED) is 0.736. The van der Waals surface area contributed by atoms with Gasteiger partial charge in [0.05, 0.1) is 5.69 Å². The van der Waals surface area contributed by atoms with Gasteiger partial charge in [-0.05, 0) is 29.0 Å². The molecule has 0 bridgehead atoms. The minimum absolute atomic E-state index is 0.312. The van der Waals surface area contributed by atoms with Gasteiger partial charge in [-0.2, -0.15) is 4.68 Å². The van der Waals surface area contributed by atoms with E-state index in [4.69, 9.17) is 10.5 Å². The number of aromatic nitrogens is 4. The van der Waals surface area contributed by atoms with Crippen molar-refractivity contribution in [2.45, 2.75) is 6.92 Å². The summed E-state index contributed by atoms with van der Waals surface area (Å²) in [5.74, 6) is 0.563. The van der Waals surface area contributed by atoms with Gasteiger partial charge in [0.25, 0.3) is 0 Å². The van der Waals surface area contributed by atoms with Gasteiger partial charge in [-0.25, -0.2) is 0 Å². The fourth-order valence-corrected chi connectivity index (χ4v) is 1.15. The van der Waals surface area contributed by atoms with E-state index >= 15 is 0 Å². The van der Waals surface area contributed by atoms with Crippen molar-refractivity contribution in [3.05, 3.63) is 23.8 Å². The summed E-state index contributed by atoms with van der Waals surface area (Å²) in [4.78, 5) is 0. The summed E-state index contributed by atoms with van der Waals surface area (Å²) >= 11 is 0. The molecule has 15 heavy (non-hydrogen) atoms. The number of para-hydroxylation sites is 1. The van der Waals surface area contributed by atoms with Crippen LogP contribution < -0.4 is 10.5 Å². The van der Waals surface area contributed by atoms with Crippen molar-refractivity contribution in [2.75, 3.05) is 5.73 Å². The zero-order valence-electron chi connectivity index (χ0n) is 8.51. The molecule has 0 atom stereocenters. The van der Waals surface area contributed by atoms with Crippen LogP contribution in [0, 0.1) is 6.92 Å². The van der Waals surface area contributed by atoms with E-state index < -0.39 is 0 Å². The Morgan fingerprint density at radius 1 is 1.40 bits per heavy atom. The van der Waals surface area contributed by atoms with E-state index in [9.17, 15) is 0 Å². The average Bonchev–Trinajstić information content (AvgIpc) is 2.60. The number of nitrogens with zero attached hydrogens (tertiary/aromatic N) is 4. The standard InChI is InChI=1S/C9H11N5O/c1-6-4-3-5-7(8(6)10)15-9-11-12-13-14(9)2/h3-5H,10H2,1-2H3. The van der Waals surface area contributed by atoms with E-state index in [0.29, 0.717) is 17.4 Å². The van der Waals surface area contributed by atoms with Crippen molar-refractivity contribution in [1.82, 2.24) is 20.2 Å². The maximum Gasteiger partial charge on any atom is 0.340 e. The molecule has 0 aliphatic carbocycles. The number of anilines is 1. The highest BCUT2D eigenvalue weighted by molar-refractivity contribution is 5.58. The Kier molecular flexibility index (Phi) is 2.24. The third-order valence-corrected chi connectivity index (χ3v) is 2.07. The van der Waals surface area contributed by atoms with Gasteiger partial charge in [-0.15, -0.1) is 0 Å². The van der Waals surface area contributed by atoms with Gasteiger partial charge >= 0.3 is 6.01 Å². The molecule has 2 rings (SSSR count). The summed E-state index contributed by atoms with van der Waals surface area (Å²) in [6.45, 7) is 1.91. The predicted molar refractivity (Wildman–Crippen MR) is 54.5 cm³/mol. The molecular formula is C9H11N5O. The lowest BCUT2D eigenvalue weighted by atomic mass is 10.2. The number of hydrogen-bond acceptors (Lipinski definition) is 5. The molecule has 0 unspecified atom stereocenters. The van der Waals surface area contributed by atoms with E-state index in [1.807, 2.05) is 19.1 Å². The molecular weight excluding hydrogens is 194 g/mol. The molecule has 78 valence electrons. The first-order valence-corrected chi connectivity index (χ1v) is 4.44. The van der Waals surface area contributed by atoms with Gasteiger partial charge in [0.2, 0.25) is 0 Å².